The molecule has 2 rings (SSSR count). The first-order valence-corrected chi connectivity index (χ1v) is 8.24. The Kier molecular flexibility index (Phi) is 5.83. The normalized spacial score (nSPS) is 21.0. The smallest absolute Gasteiger partial charge is 0.291 e. The van der Waals surface area contributed by atoms with Gasteiger partial charge in [0.05, 0.1) is 6.04 Å². The second kappa shape index (κ2) is 7.66. The molecule has 0 saturated carbocycles. The first-order valence-electron chi connectivity index (χ1n) is 8.24. The van der Waals surface area contributed by atoms with Gasteiger partial charge in [0.25, 0.3) is 5.91 Å². The first-order chi connectivity index (χ1) is 11.4. The van der Waals surface area contributed by atoms with Gasteiger partial charge < -0.3 is 9.80 Å². The summed E-state index contributed by atoms with van der Waals surface area (Å²) in [6, 6.07) is 5.14. The van der Waals surface area contributed by atoms with Crippen molar-refractivity contribution in [3.05, 3.63) is 35.6 Å². The molecule has 1 amide bonds. The fourth-order valence-corrected chi connectivity index (χ4v) is 3.22. The van der Waals surface area contributed by atoms with E-state index in [1.165, 1.54) is 24.0 Å². The van der Waals surface area contributed by atoms with Crippen LogP contribution in [0.5, 0.6) is 0 Å². The van der Waals surface area contributed by atoms with E-state index < -0.39 is 35.3 Å². The molecule has 6 heteroatoms. The Morgan fingerprint density at radius 2 is 1.83 bits per heavy atom. The molecule has 1 fully saturated rings. The molecule has 0 N–H and O–H groups in total. The van der Waals surface area contributed by atoms with Crippen LogP contribution in [0.25, 0.3) is 0 Å². The third-order valence-corrected chi connectivity index (χ3v) is 4.62. The van der Waals surface area contributed by atoms with Crippen LogP contribution in [-0.4, -0.2) is 53.5 Å². The predicted molar refractivity (Wildman–Crippen MR) is 87.8 cm³/mol. The molecular formula is C18H23FN2O3. The molecule has 0 aliphatic carbocycles. The van der Waals surface area contributed by atoms with E-state index in [4.69, 9.17) is 0 Å². The Morgan fingerprint density at radius 3 is 2.38 bits per heavy atom. The molecule has 1 saturated heterocycles. The molecule has 1 aromatic rings. The maximum absolute atomic E-state index is 14.3. The highest BCUT2D eigenvalue weighted by Gasteiger charge is 2.50. The number of likely N-dealkylation sites (tertiary alicyclic amines) is 1. The molecule has 1 heterocycles. The molecule has 130 valence electrons. The average molecular weight is 334 g/mol. The molecule has 1 aromatic carbocycles. The Bertz CT molecular complexity index is 643. The van der Waals surface area contributed by atoms with Gasteiger partial charge in [-0.15, -0.1) is 0 Å². The lowest BCUT2D eigenvalue weighted by Crippen LogP contribution is -2.38. The van der Waals surface area contributed by atoms with Gasteiger partial charge >= 0.3 is 0 Å². The Morgan fingerprint density at radius 1 is 1.21 bits per heavy atom. The molecule has 2 atom stereocenters. The SMILES string of the molecule is CCN(CC)CCN1C(=O)C(=O)C(C(C)=O)C1c1ccccc1F. The Labute approximate surface area is 141 Å². The summed E-state index contributed by atoms with van der Waals surface area (Å²) in [4.78, 5) is 40.1. The number of hydrogen-bond donors (Lipinski definition) is 0. The molecule has 0 bridgehead atoms. The van der Waals surface area contributed by atoms with E-state index in [1.807, 2.05) is 13.8 Å². The molecule has 0 aromatic heterocycles. The van der Waals surface area contributed by atoms with Crippen LogP contribution < -0.4 is 0 Å². The zero-order valence-electron chi connectivity index (χ0n) is 14.3. The predicted octanol–water partition coefficient (Wildman–Crippen LogP) is 1.83. The minimum absolute atomic E-state index is 0.219. The lowest BCUT2D eigenvalue weighted by molar-refractivity contribution is -0.142. The van der Waals surface area contributed by atoms with Crippen LogP contribution in [0, 0.1) is 11.7 Å². The second-order valence-corrected chi connectivity index (χ2v) is 5.94. The first kappa shape index (κ1) is 18.3. The zero-order valence-corrected chi connectivity index (χ0v) is 14.3. The lowest BCUT2D eigenvalue weighted by Gasteiger charge is -2.29. The summed E-state index contributed by atoms with van der Waals surface area (Å²) in [6.07, 6.45) is 0. The summed E-state index contributed by atoms with van der Waals surface area (Å²) < 4.78 is 14.3. The van der Waals surface area contributed by atoms with Crippen molar-refractivity contribution < 1.29 is 18.8 Å². The standard InChI is InChI=1S/C18H23FN2O3/c1-4-20(5-2)10-11-21-16(13-8-6-7-9-14(13)19)15(12(3)22)17(23)18(21)24/h6-9,15-16H,4-5,10-11H2,1-3H3. The summed E-state index contributed by atoms with van der Waals surface area (Å²) in [5, 5.41) is 0. The van der Waals surface area contributed by atoms with Crippen molar-refractivity contribution in [3.8, 4) is 0 Å². The van der Waals surface area contributed by atoms with Gasteiger partial charge in [-0.1, -0.05) is 32.0 Å². The molecule has 0 radical (unpaired) electrons. The fourth-order valence-electron chi connectivity index (χ4n) is 3.22. The number of Topliss-reactive ketones (excluding diaryl/α,β-unsaturated/α-hetero) is 2. The average Bonchev–Trinajstić information content (AvgIpc) is 2.81. The molecular weight excluding hydrogens is 311 g/mol. The number of amides is 1. The van der Waals surface area contributed by atoms with Gasteiger partial charge in [0.15, 0.2) is 0 Å². The van der Waals surface area contributed by atoms with Crippen LogP contribution in [0.15, 0.2) is 24.3 Å². The van der Waals surface area contributed by atoms with Crippen LogP contribution >= 0.6 is 0 Å². The summed E-state index contributed by atoms with van der Waals surface area (Å²) in [5.74, 6) is -3.49. The number of benzene rings is 1. The number of carbonyl (C=O) groups excluding carboxylic acids is 3. The van der Waals surface area contributed by atoms with Crippen LogP contribution in [0.1, 0.15) is 32.4 Å². The molecule has 1 aliphatic rings. The van der Waals surface area contributed by atoms with Crippen molar-refractivity contribution in [3.63, 3.8) is 0 Å². The summed E-state index contributed by atoms with van der Waals surface area (Å²) >= 11 is 0. The van der Waals surface area contributed by atoms with E-state index in [1.54, 1.807) is 12.1 Å². The number of nitrogens with zero attached hydrogens (tertiary/aromatic N) is 2. The van der Waals surface area contributed by atoms with Gasteiger partial charge in [0.1, 0.15) is 17.5 Å². The number of carbonyl (C=O) groups is 3. The Balaban J connectivity index is 2.38. The van der Waals surface area contributed by atoms with Crippen molar-refractivity contribution in [2.45, 2.75) is 26.8 Å². The number of halogens is 1. The minimum atomic E-state index is -1.13. The van der Waals surface area contributed by atoms with Gasteiger partial charge in [-0.05, 0) is 26.1 Å². The monoisotopic (exact) mass is 334 g/mol. The van der Waals surface area contributed by atoms with Gasteiger partial charge in [-0.25, -0.2) is 4.39 Å². The maximum Gasteiger partial charge on any atom is 0.291 e. The van der Waals surface area contributed by atoms with Crippen molar-refractivity contribution in [2.75, 3.05) is 26.2 Å². The molecule has 5 nitrogen and oxygen atoms in total. The van der Waals surface area contributed by atoms with Crippen molar-refractivity contribution in [1.29, 1.82) is 0 Å². The highest BCUT2D eigenvalue weighted by atomic mass is 19.1. The molecule has 2 unspecified atom stereocenters. The minimum Gasteiger partial charge on any atom is -0.326 e. The van der Waals surface area contributed by atoms with E-state index in [0.717, 1.165) is 13.1 Å². The van der Waals surface area contributed by atoms with Crippen LogP contribution in [-0.2, 0) is 14.4 Å². The van der Waals surface area contributed by atoms with E-state index in [0.29, 0.717) is 6.54 Å². The van der Waals surface area contributed by atoms with Crippen molar-refractivity contribution >= 4 is 17.5 Å². The Hall–Kier alpha value is -2.08. The van der Waals surface area contributed by atoms with E-state index >= 15 is 0 Å². The molecule has 24 heavy (non-hydrogen) atoms. The van der Waals surface area contributed by atoms with Gasteiger partial charge in [0.2, 0.25) is 5.78 Å². The molecule has 0 spiro atoms. The van der Waals surface area contributed by atoms with Crippen molar-refractivity contribution in [1.82, 2.24) is 9.80 Å². The summed E-state index contributed by atoms with van der Waals surface area (Å²) in [5.41, 5.74) is 0.219. The fraction of sp³-hybridized carbons (Fsp3) is 0.500. The third-order valence-electron chi connectivity index (χ3n) is 4.62. The zero-order chi connectivity index (χ0) is 17.9. The number of rotatable bonds is 7. The number of ketones is 2. The molecule has 1 aliphatic heterocycles. The maximum atomic E-state index is 14.3. The third kappa shape index (κ3) is 3.38. The lowest BCUT2D eigenvalue weighted by atomic mass is 9.89. The van der Waals surface area contributed by atoms with Gasteiger partial charge in [-0.3, -0.25) is 14.4 Å². The van der Waals surface area contributed by atoms with E-state index in [9.17, 15) is 18.8 Å². The second-order valence-electron chi connectivity index (χ2n) is 5.94. The topological polar surface area (TPSA) is 57.7 Å². The largest absolute Gasteiger partial charge is 0.326 e. The summed E-state index contributed by atoms with van der Waals surface area (Å²) in [7, 11) is 0. The van der Waals surface area contributed by atoms with Crippen LogP contribution in [0.3, 0.4) is 0 Å². The number of likely N-dealkylation sites (N-methyl/N-ethyl adjacent to an activating group) is 1. The number of hydrogen-bond acceptors (Lipinski definition) is 4. The van der Waals surface area contributed by atoms with Gasteiger partial charge in [-0.2, -0.15) is 0 Å². The highest BCUT2D eigenvalue weighted by Crippen LogP contribution is 2.37. The van der Waals surface area contributed by atoms with Crippen molar-refractivity contribution in [2.24, 2.45) is 5.92 Å². The van der Waals surface area contributed by atoms with E-state index in [-0.39, 0.29) is 12.1 Å². The van der Waals surface area contributed by atoms with Crippen LogP contribution in [0.2, 0.25) is 0 Å². The van der Waals surface area contributed by atoms with E-state index in [2.05, 4.69) is 4.90 Å². The summed E-state index contributed by atoms with van der Waals surface area (Å²) in [6.45, 7) is 7.77. The van der Waals surface area contributed by atoms with Crippen LogP contribution in [0.4, 0.5) is 4.39 Å². The quantitative estimate of drug-likeness (QED) is 0.564. The highest BCUT2D eigenvalue weighted by molar-refractivity contribution is 6.42. The van der Waals surface area contributed by atoms with Gasteiger partial charge in [0, 0.05) is 18.7 Å².